The van der Waals surface area contributed by atoms with Gasteiger partial charge in [0.1, 0.15) is 0 Å². The van der Waals surface area contributed by atoms with Gasteiger partial charge >= 0.3 is 0 Å². The molecule has 0 spiro atoms. The molecular formula is C8H9Br2I. The van der Waals surface area contributed by atoms with Crippen LogP contribution in [0.4, 0.5) is 0 Å². The lowest BCUT2D eigenvalue weighted by atomic mass is 10.2. The third-order valence-corrected chi connectivity index (χ3v) is 2.24. The Labute approximate surface area is 98.2 Å². The van der Waals surface area contributed by atoms with E-state index in [9.17, 15) is 0 Å². The molecule has 0 saturated heterocycles. The van der Waals surface area contributed by atoms with Crippen LogP contribution in [-0.4, -0.2) is 4.93 Å². The van der Waals surface area contributed by atoms with Crippen molar-refractivity contribution in [2.24, 2.45) is 0 Å². The van der Waals surface area contributed by atoms with Gasteiger partial charge in [-0.2, -0.15) is 0 Å². The van der Waals surface area contributed by atoms with E-state index in [1.807, 2.05) is 17.1 Å². The predicted molar refractivity (Wildman–Crippen MR) is 66.7 cm³/mol. The molecule has 0 atom stereocenters. The monoisotopic (exact) mass is 390 g/mol. The first kappa shape index (κ1) is 11.9. The van der Waals surface area contributed by atoms with Crippen LogP contribution in [0.3, 0.4) is 0 Å². The van der Waals surface area contributed by atoms with Gasteiger partial charge < -0.3 is 0 Å². The van der Waals surface area contributed by atoms with Gasteiger partial charge in [0.15, 0.2) is 0 Å². The number of alkyl halides is 2. The van der Waals surface area contributed by atoms with E-state index in [4.69, 9.17) is 0 Å². The standard InChI is InChI=1S/C7H6Br2.CH3I/c8-5-6-1-3-7(9)4-2-6;1-2/h1-4H,5H2;1H3. The summed E-state index contributed by atoms with van der Waals surface area (Å²) in [5.41, 5.74) is 1.30. The van der Waals surface area contributed by atoms with Crippen molar-refractivity contribution < 1.29 is 0 Å². The largest absolute Gasteiger partial charge is 0.0901 e. The Morgan fingerprint density at radius 2 is 1.64 bits per heavy atom. The highest BCUT2D eigenvalue weighted by Crippen LogP contribution is 2.11. The van der Waals surface area contributed by atoms with Gasteiger partial charge in [0.25, 0.3) is 0 Å². The van der Waals surface area contributed by atoms with Crippen LogP contribution >= 0.6 is 54.5 Å². The summed E-state index contributed by atoms with van der Waals surface area (Å²) in [4.78, 5) is 1.97. The van der Waals surface area contributed by atoms with Crippen molar-refractivity contribution in [3.05, 3.63) is 34.3 Å². The molecule has 0 amide bonds. The summed E-state index contributed by atoms with van der Waals surface area (Å²) >= 11 is 8.88. The molecule has 0 saturated carbocycles. The zero-order chi connectivity index (χ0) is 8.69. The van der Waals surface area contributed by atoms with Crippen LogP contribution in [0.5, 0.6) is 0 Å². The number of halogens is 3. The van der Waals surface area contributed by atoms with Gasteiger partial charge in [0.05, 0.1) is 0 Å². The third-order valence-electron chi connectivity index (χ3n) is 1.07. The van der Waals surface area contributed by atoms with Crippen LogP contribution in [0.1, 0.15) is 5.56 Å². The second kappa shape index (κ2) is 7.55. The van der Waals surface area contributed by atoms with Crippen LogP contribution in [0, 0.1) is 0 Å². The Balaban J connectivity index is 0.000000461. The van der Waals surface area contributed by atoms with Crippen LogP contribution < -0.4 is 0 Å². The third kappa shape index (κ3) is 5.20. The fourth-order valence-electron chi connectivity index (χ4n) is 0.573. The molecule has 0 aliphatic carbocycles. The second-order valence-corrected chi connectivity index (χ2v) is 3.24. The Kier molecular flexibility index (Phi) is 8.18. The topological polar surface area (TPSA) is 0 Å². The number of rotatable bonds is 1. The van der Waals surface area contributed by atoms with Crippen LogP contribution in [0.25, 0.3) is 0 Å². The molecule has 1 aromatic carbocycles. The average molecular weight is 392 g/mol. The highest BCUT2D eigenvalue weighted by Gasteiger charge is 1.86. The van der Waals surface area contributed by atoms with Crippen molar-refractivity contribution in [2.75, 3.05) is 4.93 Å². The quantitative estimate of drug-likeness (QED) is 0.492. The fourth-order valence-corrected chi connectivity index (χ4v) is 1.21. The molecule has 1 aromatic rings. The van der Waals surface area contributed by atoms with Gasteiger partial charge in [-0.15, -0.1) is 0 Å². The Hall–Kier alpha value is 0.910. The maximum Gasteiger partial charge on any atom is 0.0283 e. The van der Waals surface area contributed by atoms with E-state index in [2.05, 4.69) is 66.6 Å². The van der Waals surface area contributed by atoms with Crippen molar-refractivity contribution in [1.29, 1.82) is 0 Å². The smallest absolute Gasteiger partial charge is 0.0283 e. The zero-order valence-electron chi connectivity index (χ0n) is 6.15. The molecule has 0 radical (unpaired) electrons. The maximum absolute atomic E-state index is 3.37. The van der Waals surface area contributed by atoms with Crippen LogP contribution in [-0.2, 0) is 5.33 Å². The molecule has 0 aromatic heterocycles. The molecule has 3 heteroatoms. The van der Waals surface area contributed by atoms with E-state index in [1.165, 1.54) is 5.56 Å². The summed E-state index contributed by atoms with van der Waals surface area (Å²) in [6.07, 6.45) is 0. The lowest BCUT2D eigenvalue weighted by Crippen LogP contribution is -1.73. The lowest BCUT2D eigenvalue weighted by molar-refractivity contribution is 1.43. The molecule has 0 aliphatic rings. The molecule has 62 valence electrons. The van der Waals surface area contributed by atoms with E-state index in [1.54, 1.807) is 0 Å². The summed E-state index contributed by atoms with van der Waals surface area (Å²) in [6, 6.07) is 8.24. The fraction of sp³-hybridized carbons (Fsp3) is 0.250. The first-order valence-electron chi connectivity index (χ1n) is 3.01. The predicted octanol–water partition coefficient (Wildman–Crippen LogP) is 4.40. The van der Waals surface area contributed by atoms with E-state index in [0.29, 0.717) is 0 Å². The first-order chi connectivity index (χ1) is 5.33. The lowest BCUT2D eigenvalue weighted by Gasteiger charge is -1.92. The number of hydrogen-bond acceptors (Lipinski definition) is 0. The number of hydrogen-bond donors (Lipinski definition) is 0. The molecule has 11 heavy (non-hydrogen) atoms. The number of benzene rings is 1. The van der Waals surface area contributed by atoms with Gasteiger partial charge in [-0.25, -0.2) is 0 Å². The van der Waals surface area contributed by atoms with Crippen molar-refractivity contribution in [3.8, 4) is 0 Å². The van der Waals surface area contributed by atoms with Crippen molar-refractivity contribution in [3.63, 3.8) is 0 Å². The molecule has 0 heterocycles. The Bertz CT molecular complexity index is 184. The van der Waals surface area contributed by atoms with E-state index in [0.717, 1.165) is 9.80 Å². The minimum atomic E-state index is 0.931. The summed E-state index contributed by atoms with van der Waals surface area (Å²) in [5, 5.41) is 0.931. The highest BCUT2D eigenvalue weighted by atomic mass is 127. The molecule has 1 rings (SSSR count). The summed E-state index contributed by atoms with van der Waals surface area (Å²) in [7, 11) is 0. The SMILES string of the molecule is BrCc1ccc(Br)cc1.CI. The van der Waals surface area contributed by atoms with Crippen LogP contribution in [0.2, 0.25) is 0 Å². The summed E-state index contributed by atoms with van der Waals surface area (Å²) in [5.74, 6) is 0. The van der Waals surface area contributed by atoms with Gasteiger partial charge in [0, 0.05) is 9.80 Å². The van der Waals surface area contributed by atoms with E-state index in [-0.39, 0.29) is 0 Å². The molecule has 0 fully saturated rings. The first-order valence-corrected chi connectivity index (χ1v) is 7.08. The van der Waals surface area contributed by atoms with E-state index < -0.39 is 0 Å². The Morgan fingerprint density at radius 1 is 1.18 bits per heavy atom. The minimum Gasteiger partial charge on any atom is -0.0901 e. The van der Waals surface area contributed by atoms with Crippen molar-refractivity contribution >= 4 is 54.5 Å². The summed E-state index contributed by atoms with van der Waals surface area (Å²) in [6.45, 7) is 0. The van der Waals surface area contributed by atoms with Gasteiger partial charge in [-0.3, -0.25) is 0 Å². The molecule has 0 unspecified atom stereocenters. The van der Waals surface area contributed by atoms with E-state index >= 15 is 0 Å². The minimum absolute atomic E-state index is 0.931. The van der Waals surface area contributed by atoms with Gasteiger partial charge in [-0.1, -0.05) is 66.6 Å². The van der Waals surface area contributed by atoms with Crippen molar-refractivity contribution in [1.82, 2.24) is 0 Å². The molecule has 0 bridgehead atoms. The van der Waals surface area contributed by atoms with Gasteiger partial charge in [0.2, 0.25) is 0 Å². The van der Waals surface area contributed by atoms with Crippen molar-refractivity contribution in [2.45, 2.75) is 5.33 Å². The normalized spacial score (nSPS) is 8.36. The van der Waals surface area contributed by atoms with Gasteiger partial charge in [-0.05, 0) is 22.6 Å². The maximum atomic E-state index is 3.37. The molecule has 0 aliphatic heterocycles. The molecule has 0 nitrogen and oxygen atoms in total. The second-order valence-electron chi connectivity index (χ2n) is 1.76. The van der Waals surface area contributed by atoms with Crippen LogP contribution in [0.15, 0.2) is 28.7 Å². The summed E-state index contributed by atoms with van der Waals surface area (Å²) < 4.78 is 1.13. The molecule has 0 N–H and O–H groups in total. The Morgan fingerprint density at radius 3 is 2.00 bits per heavy atom. The highest BCUT2D eigenvalue weighted by molar-refractivity contribution is 14.1. The molecular weight excluding hydrogens is 383 g/mol. The zero-order valence-corrected chi connectivity index (χ0v) is 11.5. The average Bonchev–Trinajstić information content (AvgIpc) is 2.10.